The average Bonchev–Trinajstić information content (AvgIpc) is 3.12. The summed E-state index contributed by atoms with van der Waals surface area (Å²) in [4.78, 5) is 12.1. The fraction of sp³-hybridized carbons (Fsp3) is 0.643. The molecule has 0 atom stereocenters. The first-order valence-electron chi connectivity index (χ1n) is 7.08. The van der Waals surface area contributed by atoms with E-state index in [0.717, 1.165) is 32.0 Å². The molecule has 0 spiro atoms. The number of aromatic nitrogens is 1. The van der Waals surface area contributed by atoms with Crippen LogP contribution in [0.3, 0.4) is 0 Å². The lowest BCUT2D eigenvalue weighted by atomic mass is 10.3. The van der Waals surface area contributed by atoms with Crippen molar-refractivity contribution in [2.45, 2.75) is 45.2 Å². The molecule has 1 saturated carbocycles. The van der Waals surface area contributed by atoms with Gasteiger partial charge in [-0.05, 0) is 38.3 Å². The second-order valence-electron chi connectivity index (χ2n) is 5.07. The molecule has 0 radical (unpaired) electrons. The van der Waals surface area contributed by atoms with Crippen molar-refractivity contribution in [2.75, 3.05) is 13.1 Å². The van der Waals surface area contributed by atoms with E-state index >= 15 is 0 Å². The third kappa shape index (κ3) is 4.55. The molecule has 0 aliphatic heterocycles. The number of rotatable bonds is 8. The van der Waals surface area contributed by atoms with E-state index in [1.54, 1.807) is 6.07 Å². The van der Waals surface area contributed by atoms with Crippen LogP contribution in [0.5, 0.6) is 0 Å². The molecule has 1 amide bonds. The van der Waals surface area contributed by atoms with E-state index in [-0.39, 0.29) is 5.91 Å². The molecule has 0 saturated heterocycles. The third-order valence-electron chi connectivity index (χ3n) is 3.21. The lowest BCUT2D eigenvalue weighted by molar-refractivity contribution is 0.0944. The Hall–Kier alpha value is -1.00. The van der Waals surface area contributed by atoms with Gasteiger partial charge in [-0.15, -0.1) is 0 Å². The average molecular weight is 284 g/mol. The zero-order chi connectivity index (χ0) is 13.7. The third-order valence-corrected chi connectivity index (χ3v) is 3.42. The van der Waals surface area contributed by atoms with Crippen LogP contribution in [0, 0.1) is 0 Å². The second kappa shape index (κ2) is 6.96. The Balaban J connectivity index is 1.74. The van der Waals surface area contributed by atoms with E-state index in [0.29, 0.717) is 17.3 Å². The Morgan fingerprint density at radius 2 is 2.26 bits per heavy atom. The Morgan fingerprint density at radius 3 is 2.95 bits per heavy atom. The van der Waals surface area contributed by atoms with Gasteiger partial charge in [-0.1, -0.05) is 18.5 Å². The van der Waals surface area contributed by atoms with Gasteiger partial charge in [0.2, 0.25) is 0 Å². The molecule has 0 bridgehead atoms. The summed E-state index contributed by atoms with van der Waals surface area (Å²) in [5.41, 5.74) is 0.655. The van der Waals surface area contributed by atoms with E-state index < -0.39 is 0 Å². The topological polar surface area (TPSA) is 46.1 Å². The molecule has 1 heterocycles. The van der Waals surface area contributed by atoms with Gasteiger partial charge in [0.05, 0.1) is 5.02 Å². The van der Waals surface area contributed by atoms with Crippen LogP contribution in [0.1, 0.15) is 43.1 Å². The van der Waals surface area contributed by atoms with E-state index in [1.807, 2.05) is 10.8 Å². The SMILES string of the molecule is CCCn1cc(Cl)cc1C(=O)NCCCNC1CC1. The Kier molecular flexibility index (Phi) is 5.28. The quantitative estimate of drug-likeness (QED) is 0.720. The molecule has 2 rings (SSSR count). The number of carbonyl (C=O) groups excluding carboxylic acids is 1. The lowest BCUT2D eigenvalue weighted by Crippen LogP contribution is -2.29. The highest BCUT2D eigenvalue weighted by atomic mass is 35.5. The summed E-state index contributed by atoms with van der Waals surface area (Å²) < 4.78 is 1.92. The van der Waals surface area contributed by atoms with Crippen molar-refractivity contribution in [3.63, 3.8) is 0 Å². The van der Waals surface area contributed by atoms with E-state index in [4.69, 9.17) is 11.6 Å². The number of aryl methyl sites for hydroxylation is 1. The van der Waals surface area contributed by atoms with Crippen LogP contribution in [0.15, 0.2) is 12.3 Å². The molecule has 2 N–H and O–H groups in total. The van der Waals surface area contributed by atoms with Crippen LogP contribution in [0.2, 0.25) is 5.02 Å². The van der Waals surface area contributed by atoms with Gasteiger partial charge in [0.15, 0.2) is 0 Å². The van der Waals surface area contributed by atoms with Crippen molar-refractivity contribution in [3.8, 4) is 0 Å². The molecule has 1 aliphatic rings. The molecule has 106 valence electrons. The molecule has 4 nitrogen and oxygen atoms in total. The zero-order valence-corrected chi connectivity index (χ0v) is 12.2. The van der Waals surface area contributed by atoms with Gasteiger partial charge >= 0.3 is 0 Å². The van der Waals surface area contributed by atoms with Crippen molar-refractivity contribution in [2.24, 2.45) is 0 Å². The minimum atomic E-state index is -0.0354. The molecule has 1 fully saturated rings. The maximum atomic E-state index is 12.1. The Labute approximate surface area is 119 Å². The number of halogens is 1. The number of carbonyl (C=O) groups is 1. The molecule has 0 unspecified atom stereocenters. The summed E-state index contributed by atoms with van der Waals surface area (Å²) in [6, 6.07) is 2.46. The van der Waals surface area contributed by atoms with Crippen LogP contribution in [-0.4, -0.2) is 29.6 Å². The molecule has 5 heteroatoms. The van der Waals surface area contributed by atoms with E-state index in [2.05, 4.69) is 17.6 Å². The first kappa shape index (κ1) is 14.4. The molecule has 19 heavy (non-hydrogen) atoms. The highest BCUT2D eigenvalue weighted by molar-refractivity contribution is 6.31. The van der Waals surface area contributed by atoms with Crippen LogP contribution < -0.4 is 10.6 Å². The van der Waals surface area contributed by atoms with Gasteiger partial charge < -0.3 is 15.2 Å². The number of amides is 1. The molecule has 1 aromatic heterocycles. The maximum Gasteiger partial charge on any atom is 0.267 e. The van der Waals surface area contributed by atoms with E-state index in [1.165, 1.54) is 12.8 Å². The van der Waals surface area contributed by atoms with Gasteiger partial charge in [-0.3, -0.25) is 4.79 Å². The number of nitrogens with zero attached hydrogens (tertiary/aromatic N) is 1. The Bertz CT molecular complexity index is 426. The molecule has 1 aliphatic carbocycles. The van der Waals surface area contributed by atoms with Gasteiger partial charge in [0.25, 0.3) is 5.91 Å². The van der Waals surface area contributed by atoms with Crippen molar-refractivity contribution in [1.29, 1.82) is 0 Å². The molecular weight excluding hydrogens is 262 g/mol. The molecular formula is C14H22ClN3O. The first-order chi connectivity index (χ1) is 9.20. The highest BCUT2D eigenvalue weighted by Crippen LogP contribution is 2.18. The summed E-state index contributed by atoms with van der Waals surface area (Å²) in [6.07, 6.45) is 6.36. The second-order valence-corrected chi connectivity index (χ2v) is 5.51. The number of hydrogen-bond acceptors (Lipinski definition) is 2. The summed E-state index contributed by atoms with van der Waals surface area (Å²) in [7, 11) is 0. The van der Waals surface area contributed by atoms with Gasteiger partial charge in [0, 0.05) is 25.3 Å². The predicted molar refractivity (Wildman–Crippen MR) is 77.7 cm³/mol. The number of nitrogens with one attached hydrogen (secondary N) is 2. The summed E-state index contributed by atoms with van der Waals surface area (Å²) in [5, 5.41) is 6.99. The summed E-state index contributed by atoms with van der Waals surface area (Å²) >= 11 is 5.96. The number of hydrogen-bond donors (Lipinski definition) is 2. The fourth-order valence-electron chi connectivity index (χ4n) is 2.07. The van der Waals surface area contributed by atoms with Gasteiger partial charge in [-0.2, -0.15) is 0 Å². The predicted octanol–water partition coefficient (Wildman–Crippen LogP) is 2.42. The lowest BCUT2D eigenvalue weighted by Gasteiger charge is -2.08. The van der Waals surface area contributed by atoms with Crippen LogP contribution in [-0.2, 0) is 6.54 Å². The first-order valence-corrected chi connectivity index (χ1v) is 7.45. The minimum Gasteiger partial charge on any atom is -0.351 e. The van der Waals surface area contributed by atoms with Gasteiger partial charge in [0.1, 0.15) is 5.69 Å². The van der Waals surface area contributed by atoms with Crippen molar-refractivity contribution in [3.05, 3.63) is 23.0 Å². The van der Waals surface area contributed by atoms with Gasteiger partial charge in [-0.25, -0.2) is 0 Å². The fourth-order valence-corrected chi connectivity index (χ4v) is 2.29. The van der Waals surface area contributed by atoms with Crippen LogP contribution in [0.4, 0.5) is 0 Å². The molecule has 0 aromatic carbocycles. The largest absolute Gasteiger partial charge is 0.351 e. The monoisotopic (exact) mass is 283 g/mol. The zero-order valence-electron chi connectivity index (χ0n) is 11.4. The van der Waals surface area contributed by atoms with E-state index in [9.17, 15) is 4.79 Å². The van der Waals surface area contributed by atoms with Crippen LogP contribution >= 0.6 is 11.6 Å². The van der Waals surface area contributed by atoms with Crippen molar-refractivity contribution >= 4 is 17.5 Å². The smallest absolute Gasteiger partial charge is 0.267 e. The van der Waals surface area contributed by atoms with Crippen LogP contribution in [0.25, 0.3) is 0 Å². The standard InChI is InChI=1S/C14H22ClN3O/c1-2-8-18-10-11(15)9-13(18)14(19)17-7-3-6-16-12-4-5-12/h9-10,12,16H,2-8H2,1H3,(H,17,19). The maximum absolute atomic E-state index is 12.1. The summed E-state index contributed by atoms with van der Waals surface area (Å²) in [5.74, 6) is -0.0354. The Morgan fingerprint density at radius 1 is 1.47 bits per heavy atom. The molecule has 1 aromatic rings. The summed E-state index contributed by atoms with van der Waals surface area (Å²) in [6.45, 7) is 4.58. The highest BCUT2D eigenvalue weighted by Gasteiger charge is 2.19. The van der Waals surface area contributed by atoms with Crippen molar-refractivity contribution in [1.82, 2.24) is 15.2 Å². The minimum absolute atomic E-state index is 0.0354. The van der Waals surface area contributed by atoms with Crippen molar-refractivity contribution < 1.29 is 4.79 Å². The normalized spacial score (nSPS) is 14.6.